The van der Waals surface area contributed by atoms with Crippen molar-refractivity contribution in [3.63, 3.8) is 0 Å². The van der Waals surface area contributed by atoms with E-state index in [9.17, 15) is 9.18 Å². The number of aromatic nitrogens is 2. The molecule has 0 aliphatic heterocycles. The molecule has 0 aliphatic rings. The first-order valence-electron chi connectivity index (χ1n) is 8.11. The molecule has 0 atom stereocenters. The lowest BCUT2D eigenvalue weighted by Gasteiger charge is -2.05. The lowest BCUT2D eigenvalue weighted by molar-refractivity contribution is 0.0997. The van der Waals surface area contributed by atoms with Gasteiger partial charge in [0, 0.05) is 11.5 Å². The number of rotatable bonds is 6. The van der Waals surface area contributed by atoms with Gasteiger partial charge in [-0.05, 0) is 49.2 Å². The Bertz CT molecular complexity index is 853. The summed E-state index contributed by atoms with van der Waals surface area (Å²) in [4.78, 5) is 12.3. The molecule has 2 heterocycles. The Balaban J connectivity index is 1.71. The summed E-state index contributed by atoms with van der Waals surface area (Å²) in [6, 6.07) is 9.15. The Morgan fingerprint density at radius 2 is 1.88 bits per heavy atom. The molecule has 3 aromatic rings. The number of benzene rings is 1. The number of nitrogens with zero attached hydrogens (tertiary/aromatic N) is 2. The first-order valence-corrected chi connectivity index (χ1v) is 8.92. The van der Waals surface area contributed by atoms with Gasteiger partial charge in [-0.3, -0.25) is 10.1 Å². The van der Waals surface area contributed by atoms with E-state index in [1.165, 1.54) is 23.5 Å². The Morgan fingerprint density at radius 3 is 2.56 bits per heavy atom. The summed E-state index contributed by atoms with van der Waals surface area (Å²) in [5.41, 5.74) is 0.701. The van der Waals surface area contributed by atoms with E-state index >= 15 is 0 Å². The minimum absolute atomic E-state index is 0.165. The molecule has 25 heavy (non-hydrogen) atoms. The van der Waals surface area contributed by atoms with Crippen LogP contribution in [0.3, 0.4) is 0 Å². The molecular weight excluding hydrogens is 341 g/mol. The summed E-state index contributed by atoms with van der Waals surface area (Å²) in [6.45, 7) is 4.21. The van der Waals surface area contributed by atoms with E-state index in [0.29, 0.717) is 22.4 Å². The van der Waals surface area contributed by atoms with Crippen LogP contribution in [-0.4, -0.2) is 16.1 Å². The van der Waals surface area contributed by atoms with E-state index in [1.54, 1.807) is 24.3 Å². The average molecular weight is 359 g/mol. The smallest absolute Gasteiger partial charge is 0.293 e. The summed E-state index contributed by atoms with van der Waals surface area (Å²) < 4.78 is 18.5. The van der Waals surface area contributed by atoms with Gasteiger partial charge in [0.15, 0.2) is 5.76 Å². The van der Waals surface area contributed by atoms with Gasteiger partial charge < -0.3 is 4.42 Å². The molecule has 5 nitrogen and oxygen atoms in total. The van der Waals surface area contributed by atoms with Crippen LogP contribution in [0.25, 0.3) is 11.3 Å². The third kappa shape index (κ3) is 3.93. The largest absolute Gasteiger partial charge is 0.451 e. The first-order chi connectivity index (χ1) is 12.1. The maximum Gasteiger partial charge on any atom is 0.293 e. The van der Waals surface area contributed by atoms with Crippen LogP contribution < -0.4 is 5.32 Å². The van der Waals surface area contributed by atoms with Crippen molar-refractivity contribution in [2.45, 2.75) is 32.6 Å². The fraction of sp³-hybridized carbons (Fsp3) is 0.278. The summed E-state index contributed by atoms with van der Waals surface area (Å²) in [5, 5.41) is 12.3. The maximum atomic E-state index is 13.0. The zero-order chi connectivity index (χ0) is 17.8. The number of carbonyl (C=O) groups is 1. The third-order valence-corrected chi connectivity index (χ3v) is 4.96. The first kappa shape index (κ1) is 17.3. The van der Waals surface area contributed by atoms with Gasteiger partial charge in [-0.1, -0.05) is 25.2 Å². The molecule has 0 spiro atoms. The number of halogens is 1. The molecule has 3 rings (SSSR count). The minimum atomic E-state index is -0.388. The van der Waals surface area contributed by atoms with Crippen molar-refractivity contribution in [3.05, 3.63) is 53.0 Å². The van der Waals surface area contributed by atoms with Crippen LogP contribution in [0, 0.1) is 5.82 Å². The monoisotopic (exact) mass is 359 g/mol. The fourth-order valence-corrected chi connectivity index (χ4v) is 3.48. The SMILES string of the molecule is CCC(CC)c1nnc(NC(=O)c2ccc(-c3ccc(F)cc3)o2)s1. The predicted molar refractivity (Wildman–Crippen MR) is 95.3 cm³/mol. The van der Waals surface area contributed by atoms with Crippen LogP contribution in [0.2, 0.25) is 0 Å². The predicted octanol–water partition coefficient (Wildman–Crippen LogP) is 5.09. The summed E-state index contributed by atoms with van der Waals surface area (Å²) >= 11 is 1.38. The van der Waals surface area contributed by atoms with Crippen molar-refractivity contribution in [2.75, 3.05) is 5.32 Å². The van der Waals surface area contributed by atoms with E-state index in [-0.39, 0.29) is 17.5 Å². The van der Waals surface area contributed by atoms with E-state index in [0.717, 1.165) is 17.8 Å². The molecule has 2 aromatic heterocycles. The van der Waals surface area contributed by atoms with Gasteiger partial charge in [-0.15, -0.1) is 10.2 Å². The van der Waals surface area contributed by atoms with Crippen LogP contribution in [0.4, 0.5) is 9.52 Å². The second-order valence-electron chi connectivity index (χ2n) is 5.58. The highest BCUT2D eigenvalue weighted by molar-refractivity contribution is 7.15. The summed E-state index contributed by atoms with van der Waals surface area (Å²) in [6.07, 6.45) is 1.97. The molecule has 7 heteroatoms. The van der Waals surface area contributed by atoms with Crippen LogP contribution in [-0.2, 0) is 0 Å². The number of hydrogen-bond acceptors (Lipinski definition) is 5. The number of carbonyl (C=O) groups excluding carboxylic acids is 1. The highest BCUT2D eigenvalue weighted by Crippen LogP contribution is 2.28. The molecular formula is C18H18FN3O2S. The van der Waals surface area contributed by atoms with Gasteiger partial charge in [0.05, 0.1) is 0 Å². The van der Waals surface area contributed by atoms with Crippen LogP contribution in [0.15, 0.2) is 40.8 Å². The van der Waals surface area contributed by atoms with Gasteiger partial charge in [0.25, 0.3) is 5.91 Å². The van der Waals surface area contributed by atoms with Crippen LogP contribution in [0.5, 0.6) is 0 Å². The highest BCUT2D eigenvalue weighted by Gasteiger charge is 2.17. The van der Waals surface area contributed by atoms with Crippen LogP contribution >= 0.6 is 11.3 Å². The zero-order valence-electron chi connectivity index (χ0n) is 14.0. The average Bonchev–Trinajstić information content (AvgIpc) is 3.27. The quantitative estimate of drug-likeness (QED) is 0.665. The molecule has 1 aromatic carbocycles. The molecule has 1 amide bonds. The van der Waals surface area contributed by atoms with Gasteiger partial charge in [0.2, 0.25) is 5.13 Å². The lowest BCUT2D eigenvalue weighted by atomic mass is 10.1. The van der Waals surface area contributed by atoms with Gasteiger partial charge in [-0.25, -0.2) is 4.39 Å². The fourth-order valence-electron chi connectivity index (χ4n) is 2.48. The Morgan fingerprint density at radius 1 is 1.16 bits per heavy atom. The maximum absolute atomic E-state index is 13.0. The van der Waals surface area contributed by atoms with E-state index in [4.69, 9.17) is 4.42 Å². The van der Waals surface area contributed by atoms with Gasteiger partial charge in [-0.2, -0.15) is 0 Å². The molecule has 0 unspecified atom stereocenters. The summed E-state index contributed by atoms with van der Waals surface area (Å²) in [7, 11) is 0. The zero-order valence-corrected chi connectivity index (χ0v) is 14.8. The molecule has 130 valence electrons. The van der Waals surface area contributed by atoms with Crippen molar-refractivity contribution in [2.24, 2.45) is 0 Å². The minimum Gasteiger partial charge on any atom is -0.451 e. The van der Waals surface area contributed by atoms with Gasteiger partial charge in [0.1, 0.15) is 16.6 Å². The number of nitrogens with one attached hydrogen (secondary N) is 1. The third-order valence-electron chi connectivity index (χ3n) is 3.95. The van der Waals surface area contributed by atoms with Crippen LogP contribution in [0.1, 0.15) is 48.2 Å². The van der Waals surface area contributed by atoms with Gasteiger partial charge >= 0.3 is 0 Å². The van der Waals surface area contributed by atoms with Crippen molar-refractivity contribution in [1.29, 1.82) is 0 Å². The molecule has 1 N–H and O–H groups in total. The number of hydrogen-bond donors (Lipinski definition) is 1. The van der Waals surface area contributed by atoms with E-state index < -0.39 is 0 Å². The topological polar surface area (TPSA) is 68.0 Å². The van der Waals surface area contributed by atoms with E-state index in [1.807, 2.05) is 0 Å². The van der Waals surface area contributed by atoms with E-state index in [2.05, 4.69) is 29.4 Å². The molecule has 0 saturated heterocycles. The molecule has 0 fully saturated rings. The number of amides is 1. The summed E-state index contributed by atoms with van der Waals surface area (Å²) in [5.74, 6) is 0.314. The number of anilines is 1. The molecule has 0 radical (unpaired) electrons. The highest BCUT2D eigenvalue weighted by atomic mass is 32.1. The number of furan rings is 1. The Labute approximate surface area is 148 Å². The van der Waals surface area contributed by atoms with Crippen molar-refractivity contribution in [1.82, 2.24) is 10.2 Å². The molecule has 0 bridgehead atoms. The van der Waals surface area contributed by atoms with Crippen molar-refractivity contribution in [3.8, 4) is 11.3 Å². The van der Waals surface area contributed by atoms with Crippen molar-refractivity contribution < 1.29 is 13.6 Å². The lowest BCUT2D eigenvalue weighted by Crippen LogP contribution is -2.10. The normalized spacial score (nSPS) is 11.0. The second kappa shape index (κ2) is 7.57. The second-order valence-corrected chi connectivity index (χ2v) is 6.59. The molecule has 0 saturated carbocycles. The Kier molecular flexibility index (Phi) is 5.23. The molecule has 0 aliphatic carbocycles. The standard InChI is InChI=1S/C18H18FN3O2S/c1-3-11(4-2)17-21-22-18(25-17)20-16(23)15-10-9-14(24-15)12-5-7-13(19)8-6-12/h5-11H,3-4H2,1-2H3,(H,20,22,23). The Hall–Kier alpha value is -2.54. The van der Waals surface area contributed by atoms with Crippen molar-refractivity contribution >= 4 is 22.4 Å².